The molecule has 0 spiro atoms. The van der Waals surface area contributed by atoms with Crippen LogP contribution in [-0.4, -0.2) is 35.1 Å². The number of aryl methyl sites for hydroxylation is 1. The predicted molar refractivity (Wildman–Crippen MR) is 80.2 cm³/mol. The maximum absolute atomic E-state index is 4.30. The Balaban J connectivity index is 2.33. The molecule has 0 saturated carbocycles. The van der Waals surface area contributed by atoms with Crippen LogP contribution in [0.15, 0.2) is 5.51 Å². The van der Waals surface area contributed by atoms with Crippen molar-refractivity contribution in [1.29, 1.82) is 0 Å². The van der Waals surface area contributed by atoms with Crippen molar-refractivity contribution in [2.24, 2.45) is 0 Å². The van der Waals surface area contributed by atoms with Crippen molar-refractivity contribution in [3.63, 3.8) is 0 Å². The highest BCUT2D eigenvalue weighted by Crippen LogP contribution is 2.16. The smallest absolute Gasteiger partial charge is 0.0798 e. The third kappa shape index (κ3) is 5.46. The van der Waals surface area contributed by atoms with Crippen molar-refractivity contribution in [2.75, 3.05) is 13.6 Å². The monoisotopic (exact) mass is 269 g/mol. The lowest BCUT2D eigenvalue weighted by molar-refractivity contribution is 0.233. The van der Waals surface area contributed by atoms with Crippen LogP contribution in [0.4, 0.5) is 0 Å². The van der Waals surface area contributed by atoms with Gasteiger partial charge >= 0.3 is 0 Å². The molecule has 18 heavy (non-hydrogen) atoms. The summed E-state index contributed by atoms with van der Waals surface area (Å²) in [5.41, 5.74) is 3.32. The van der Waals surface area contributed by atoms with Crippen LogP contribution in [-0.2, 0) is 6.54 Å². The number of hydrogen-bond donors (Lipinski definition) is 1. The molecule has 4 heteroatoms. The maximum Gasteiger partial charge on any atom is 0.0798 e. The predicted octanol–water partition coefficient (Wildman–Crippen LogP) is 3.05. The molecule has 0 aliphatic heterocycles. The van der Waals surface area contributed by atoms with Gasteiger partial charge in [-0.05, 0) is 54.6 Å². The van der Waals surface area contributed by atoms with Crippen molar-refractivity contribution in [3.05, 3.63) is 16.1 Å². The first-order valence-corrected chi connectivity index (χ1v) is 7.52. The molecule has 1 heterocycles. The third-order valence-corrected chi connectivity index (χ3v) is 4.13. The highest BCUT2D eigenvalue weighted by atomic mass is 32.1. The summed E-state index contributed by atoms with van der Waals surface area (Å²) in [5.74, 6) is 0. The Hall–Kier alpha value is -0.450. The lowest BCUT2D eigenvalue weighted by atomic mass is 10.1. The van der Waals surface area contributed by atoms with Gasteiger partial charge in [0.1, 0.15) is 0 Å². The second kappa shape index (κ2) is 6.64. The fourth-order valence-electron chi connectivity index (χ4n) is 1.74. The minimum Gasteiger partial charge on any atom is -0.312 e. The molecule has 0 aliphatic rings. The number of rotatable bonds is 6. The van der Waals surface area contributed by atoms with Crippen LogP contribution in [0.2, 0.25) is 0 Å². The molecule has 0 aliphatic carbocycles. The first-order chi connectivity index (χ1) is 8.29. The van der Waals surface area contributed by atoms with Crippen LogP contribution in [0.25, 0.3) is 0 Å². The van der Waals surface area contributed by atoms with Gasteiger partial charge in [-0.15, -0.1) is 11.3 Å². The lowest BCUT2D eigenvalue weighted by Gasteiger charge is -2.27. The summed E-state index contributed by atoms with van der Waals surface area (Å²) in [6, 6.07) is 0.585. The molecular weight excluding hydrogens is 242 g/mol. The molecule has 1 rings (SSSR count). The number of thiazole rings is 1. The van der Waals surface area contributed by atoms with Crippen LogP contribution >= 0.6 is 11.3 Å². The number of nitrogens with zero attached hydrogens (tertiary/aromatic N) is 2. The fourth-order valence-corrected chi connectivity index (χ4v) is 2.58. The first kappa shape index (κ1) is 15.6. The third-order valence-electron chi connectivity index (χ3n) is 3.21. The molecule has 0 saturated heterocycles. The summed E-state index contributed by atoms with van der Waals surface area (Å²) < 4.78 is 0. The molecule has 0 aromatic carbocycles. The van der Waals surface area contributed by atoms with E-state index in [0.717, 1.165) is 13.1 Å². The number of aromatic nitrogens is 1. The van der Waals surface area contributed by atoms with Gasteiger partial charge in [0.05, 0.1) is 11.2 Å². The molecule has 0 amide bonds. The van der Waals surface area contributed by atoms with E-state index in [2.05, 4.69) is 56.9 Å². The Morgan fingerprint density at radius 2 is 2.11 bits per heavy atom. The Kier molecular flexibility index (Phi) is 5.76. The molecule has 1 N–H and O–H groups in total. The SMILES string of the molecule is Cc1ncsc1CN(C)C(C)CCNC(C)(C)C. The zero-order valence-electron chi connectivity index (χ0n) is 12.6. The number of nitrogens with one attached hydrogen (secondary N) is 1. The summed E-state index contributed by atoms with van der Waals surface area (Å²) in [7, 11) is 2.20. The average Bonchev–Trinajstić information content (AvgIpc) is 2.62. The Morgan fingerprint density at radius 3 is 2.61 bits per heavy atom. The van der Waals surface area contributed by atoms with Crippen LogP contribution in [0.5, 0.6) is 0 Å². The summed E-state index contributed by atoms with van der Waals surface area (Å²) in [4.78, 5) is 8.09. The van der Waals surface area contributed by atoms with E-state index in [1.165, 1.54) is 17.0 Å². The van der Waals surface area contributed by atoms with Gasteiger partial charge < -0.3 is 5.32 Å². The largest absolute Gasteiger partial charge is 0.312 e. The van der Waals surface area contributed by atoms with Crippen LogP contribution in [0.3, 0.4) is 0 Å². The minimum absolute atomic E-state index is 0.215. The summed E-state index contributed by atoms with van der Waals surface area (Å²) in [6.45, 7) is 13.1. The summed E-state index contributed by atoms with van der Waals surface area (Å²) in [5, 5.41) is 3.54. The van der Waals surface area contributed by atoms with E-state index < -0.39 is 0 Å². The Labute approximate surface area is 116 Å². The van der Waals surface area contributed by atoms with E-state index in [0.29, 0.717) is 6.04 Å². The molecule has 3 nitrogen and oxygen atoms in total. The van der Waals surface area contributed by atoms with Gasteiger partial charge in [-0.2, -0.15) is 0 Å². The highest BCUT2D eigenvalue weighted by molar-refractivity contribution is 7.09. The van der Waals surface area contributed by atoms with Gasteiger partial charge in [0, 0.05) is 23.0 Å². The fraction of sp³-hybridized carbons (Fsp3) is 0.786. The first-order valence-electron chi connectivity index (χ1n) is 6.64. The minimum atomic E-state index is 0.215. The molecule has 104 valence electrons. The van der Waals surface area contributed by atoms with Gasteiger partial charge in [-0.3, -0.25) is 4.90 Å². The van der Waals surface area contributed by atoms with E-state index >= 15 is 0 Å². The standard InChI is InChI=1S/C14H27N3S/c1-11(7-8-16-14(3,4)5)17(6)9-13-12(2)15-10-18-13/h10-11,16H,7-9H2,1-6H3. The van der Waals surface area contributed by atoms with Crippen LogP contribution < -0.4 is 5.32 Å². The van der Waals surface area contributed by atoms with Crippen LogP contribution in [0, 0.1) is 6.92 Å². The second-order valence-electron chi connectivity index (χ2n) is 6.09. The number of hydrogen-bond acceptors (Lipinski definition) is 4. The Morgan fingerprint density at radius 1 is 1.44 bits per heavy atom. The van der Waals surface area contributed by atoms with E-state index in [1.807, 2.05) is 5.51 Å². The summed E-state index contributed by atoms with van der Waals surface area (Å²) >= 11 is 1.75. The summed E-state index contributed by atoms with van der Waals surface area (Å²) in [6.07, 6.45) is 1.17. The van der Waals surface area contributed by atoms with Gasteiger partial charge in [0.2, 0.25) is 0 Å². The molecule has 0 fully saturated rings. The zero-order valence-corrected chi connectivity index (χ0v) is 13.4. The molecule has 0 radical (unpaired) electrons. The van der Waals surface area contributed by atoms with Crippen molar-refractivity contribution in [1.82, 2.24) is 15.2 Å². The Bertz CT molecular complexity index is 354. The lowest BCUT2D eigenvalue weighted by Crippen LogP contribution is -2.39. The average molecular weight is 269 g/mol. The quantitative estimate of drug-likeness (QED) is 0.860. The van der Waals surface area contributed by atoms with Crippen molar-refractivity contribution < 1.29 is 0 Å². The highest BCUT2D eigenvalue weighted by Gasteiger charge is 2.14. The van der Waals surface area contributed by atoms with Gasteiger partial charge in [0.25, 0.3) is 0 Å². The topological polar surface area (TPSA) is 28.2 Å². The molecular formula is C14H27N3S. The molecule has 1 aromatic rings. The van der Waals surface area contributed by atoms with Gasteiger partial charge in [-0.1, -0.05) is 0 Å². The normalized spacial score (nSPS) is 14.2. The van der Waals surface area contributed by atoms with Gasteiger partial charge in [-0.25, -0.2) is 4.98 Å². The molecule has 1 atom stereocenters. The van der Waals surface area contributed by atoms with Crippen molar-refractivity contribution >= 4 is 11.3 Å². The maximum atomic E-state index is 4.30. The van der Waals surface area contributed by atoms with E-state index in [4.69, 9.17) is 0 Å². The molecule has 0 bridgehead atoms. The second-order valence-corrected chi connectivity index (χ2v) is 7.03. The molecule has 1 aromatic heterocycles. The van der Waals surface area contributed by atoms with Crippen molar-refractivity contribution in [3.8, 4) is 0 Å². The van der Waals surface area contributed by atoms with Crippen LogP contribution in [0.1, 0.15) is 44.7 Å². The van der Waals surface area contributed by atoms with E-state index in [-0.39, 0.29) is 5.54 Å². The van der Waals surface area contributed by atoms with E-state index in [1.54, 1.807) is 11.3 Å². The van der Waals surface area contributed by atoms with Gasteiger partial charge in [0.15, 0.2) is 0 Å². The van der Waals surface area contributed by atoms with Crippen molar-refractivity contribution in [2.45, 2.75) is 59.2 Å². The molecule has 1 unspecified atom stereocenters. The van der Waals surface area contributed by atoms with E-state index in [9.17, 15) is 0 Å². The zero-order chi connectivity index (χ0) is 13.8.